The highest BCUT2D eigenvalue weighted by molar-refractivity contribution is 5.70. The molecule has 0 aliphatic rings. The van der Waals surface area contributed by atoms with Gasteiger partial charge in [-0.25, -0.2) is 0 Å². The number of carbonyl (C=O) groups excluding carboxylic acids is 2. The van der Waals surface area contributed by atoms with E-state index in [4.69, 9.17) is 9.47 Å². The van der Waals surface area contributed by atoms with Gasteiger partial charge in [-0.2, -0.15) is 0 Å². The lowest BCUT2D eigenvalue weighted by atomic mass is 9.99. The van der Waals surface area contributed by atoms with Crippen LogP contribution in [0.25, 0.3) is 0 Å². The Labute approximate surface area is 248 Å². The van der Waals surface area contributed by atoms with E-state index < -0.39 is 6.10 Å². The lowest BCUT2D eigenvalue weighted by molar-refractivity contribution is -0.161. The molecule has 2 atom stereocenters. The fourth-order valence-corrected chi connectivity index (χ4v) is 5.12. The molecule has 5 heteroatoms. The van der Waals surface area contributed by atoms with E-state index in [1.807, 2.05) is 0 Å². The van der Waals surface area contributed by atoms with Crippen molar-refractivity contribution in [2.75, 3.05) is 13.2 Å². The quantitative estimate of drug-likeness (QED) is 0.0665. The van der Waals surface area contributed by atoms with E-state index in [0.29, 0.717) is 12.8 Å². The summed E-state index contributed by atoms with van der Waals surface area (Å²) in [6.45, 7) is 6.50. The van der Waals surface area contributed by atoms with Crippen molar-refractivity contribution in [1.82, 2.24) is 0 Å². The second-order valence-corrected chi connectivity index (χ2v) is 12.2. The fourth-order valence-electron chi connectivity index (χ4n) is 5.12. The van der Waals surface area contributed by atoms with Crippen LogP contribution in [-0.2, 0) is 19.1 Å². The lowest BCUT2D eigenvalue weighted by Crippen LogP contribution is -2.28. The van der Waals surface area contributed by atoms with Crippen molar-refractivity contribution in [2.45, 2.75) is 194 Å². The molecule has 0 rings (SSSR count). The van der Waals surface area contributed by atoms with Crippen LogP contribution in [0.4, 0.5) is 0 Å². The summed E-state index contributed by atoms with van der Waals surface area (Å²) < 4.78 is 10.6. The third-order valence-electron chi connectivity index (χ3n) is 8.19. The van der Waals surface area contributed by atoms with Crippen molar-refractivity contribution in [3.63, 3.8) is 0 Å². The molecular weight excluding hydrogens is 500 g/mol. The van der Waals surface area contributed by atoms with E-state index in [2.05, 4.69) is 20.8 Å². The topological polar surface area (TPSA) is 72.8 Å². The summed E-state index contributed by atoms with van der Waals surface area (Å²) in [4.78, 5) is 24.1. The minimum atomic E-state index is -0.761. The molecule has 0 saturated carbocycles. The third-order valence-corrected chi connectivity index (χ3v) is 8.19. The average Bonchev–Trinajstić information content (AvgIpc) is 2.96. The van der Waals surface area contributed by atoms with Crippen LogP contribution in [0, 0.1) is 5.92 Å². The number of hydrogen-bond donors (Lipinski definition) is 1. The molecule has 0 spiro atoms. The van der Waals surface area contributed by atoms with Gasteiger partial charge in [-0.15, -0.1) is 0 Å². The Morgan fingerprint density at radius 1 is 0.575 bits per heavy atom. The van der Waals surface area contributed by atoms with Crippen LogP contribution >= 0.6 is 0 Å². The number of hydrogen-bond acceptors (Lipinski definition) is 5. The molecule has 1 N–H and O–H groups in total. The molecule has 0 aromatic heterocycles. The molecule has 238 valence electrons. The molecule has 0 aliphatic heterocycles. The van der Waals surface area contributed by atoms with Crippen molar-refractivity contribution < 1.29 is 24.2 Å². The van der Waals surface area contributed by atoms with Gasteiger partial charge in [0.2, 0.25) is 0 Å². The molecule has 5 nitrogen and oxygen atoms in total. The monoisotopic (exact) mass is 569 g/mol. The average molecular weight is 569 g/mol. The van der Waals surface area contributed by atoms with Crippen molar-refractivity contribution >= 4 is 11.9 Å². The maximum atomic E-state index is 12.1. The molecular formula is C35H68O5. The number of aliphatic hydroxyl groups excluding tert-OH is 1. The Morgan fingerprint density at radius 3 is 1.40 bits per heavy atom. The van der Waals surface area contributed by atoms with E-state index in [1.165, 1.54) is 122 Å². The van der Waals surface area contributed by atoms with E-state index in [9.17, 15) is 14.7 Å². The molecule has 40 heavy (non-hydrogen) atoms. The zero-order chi connectivity index (χ0) is 29.5. The van der Waals surface area contributed by atoms with Gasteiger partial charge >= 0.3 is 11.9 Å². The number of esters is 2. The summed E-state index contributed by atoms with van der Waals surface area (Å²) in [5.74, 6) is 0.296. The second kappa shape index (κ2) is 30.8. The van der Waals surface area contributed by atoms with Crippen molar-refractivity contribution in [3.8, 4) is 0 Å². The first-order valence-electron chi connectivity index (χ1n) is 17.5. The molecule has 0 radical (unpaired) electrons. The number of carbonyl (C=O) groups is 2. The molecule has 1 unspecified atom stereocenters. The maximum absolute atomic E-state index is 12.1. The Hall–Kier alpha value is -1.10. The third kappa shape index (κ3) is 28.4. The number of ether oxygens (including phenoxy) is 2. The zero-order valence-corrected chi connectivity index (χ0v) is 27.0. The smallest absolute Gasteiger partial charge is 0.306 e. The van der Waals surface area contributed by atoms with Crippen LogP contribution in [0.1, 0.15) is 188 Å². The lowest BCUT2D eigenvalue weighted by Gasteiger charge is -2.15. The van der Waals surface area contributed by atoms with Gasteiger partial charge in [0.15, 0.2) is 6.10 Å². The molecule has 0 amide bonds. The van der Waals surface area contributed by atoms with Gasteiger partial charge in [-0.05, 0) is 18.8 Å². The molecule has 0 aromatic carbocycles. The van der Waals surface area contributed by atoms with E-state index in [-0.39, 0.29) is 25.2 Å². The van der Waals surface area contributed by atoms with E-state index >= 15 is 0 Å². The van der Waals surface area contributed by atoms with Gasteiger partial charge in [0.25, 0.3) is 0 Å². The number of rotatable bonds is 31. The molecule has 0 aliphatic carbocycles. The van der Waals surface area contributed by atoms with Crippen LogP contribution in [0.2, 0.25) is 0 Å². The second-order valence-electron chi connectivity index (χ2n) is 12.2. The van der Waals surface area contributed by atoms with Gasteiger partial charge in [0.05, 0.1) is 6.61 Å². The molecule has 0 heterocycles. The Balaban J connectivity index is 3.55. The minimum absolute atomic E-state index is 0.0586. The number of unbranched alkanes of at least 4 members (excludes halogenated alkanes) is 20. The van der Waals surface area contributed by atoms with Crippen LogP contribution in [0.15, 0.2) is 0 Å². The van der Waals surface area contributed by atoms with E-state index in [1.54, 1.807) is 0 Å². The Kier molecular flexibility index (Phi) is 30.0. The fraction of sp³-hybridized carbons (Fsp3) is 0.943. The first-order valence-corrected chi connectivity index (χ1v) is 17.5. The van der Waals surface area contributed by atoms with Crippen molar-refractivity contribution in [3.05, 3.63) is 0 Å². The van der Waals surface area contributed by atoms with Crippen LogP contribution in [0.3, 0.4) is 0 Å². The highest BCUT2D eigenvalue weighted by Gasteiger charge is 2.16. The van der Waals surface area contributed by atoms with Crippen LogP contribution in [0.5, 0.6) is 0 Å². The zero-order valence-electron chi connectivity index (χ0n) is 27.0. The van der Waals surface area contributed by atoms with Gasteiger partial charge in [0.1, 0.15) is 6.61 Å². The van der Waals surface area contributed by atoms with Crippen molar-refractivity contribution in [1.29, 1.82) is 0 Å². The molecule has 0 saturated heterocycles. The van der Waals surface area contributed by atoms with E-state index in [0.717, 1.165) is 38.0 Å². The highest BCUT2D eigenvalue weighted by atomic mass is 16.6. The SMILES string of the molecule is CCCCCCCCCCCCCCC(=O)OC[C@H](CO)OC(=O)CCCCCCCCCCCCC(C)CC. The summed E-state index contributed by atoms with van der Waals surface area (Å²) in [5.41, 5.74) is 0. The van der Waals surface area contributed by atoms with Crippen LogP contribution in [-0.4, -0.2) is 36.4 Å². The van der Waals surface area contributed by atoms with Crippen LogP contribution < -0.4 is 0 Å². The molecule has 0 fully saturated rings. The summed E-state index contributed by atoms with van der Waals surface area (Å²) in [6, 6.07) is 0. The first kappa shape index (κ1) is 38.9. The van der Waals surface area contributed by atoms with Gasteiger partial charge < -0.3 is 14.6 Å². The maximum Gasteiger partial charge on any atom is 0.306 e. The normalized spacial score (nSPS) is 12.8. The number of aliphatic hydroxyl groups is 1. The highest BCUT2D eigenvalue weighted by Crippen LogP contribution is 2.16. The summed E-state index contributed by atoms with van der Waals surface area (Å²) in [6.07, 6.45) is 30.0. The first-order chi connectivity index (χ1) is 19.5. The summed E-state index contributed by atoms with van der Waals surface area (Å²) >= 11 is 0. The van der Waals surface area contributed by atoms with Gasteiger partial charge in [-0.3, -0.25) is 9.59 Å². The molecule has 0 bridgehead atoms. The van der Waals surface area contributed by atoms with Gasteiger partial charge in [-0.1, -0.05) is 162 Å². The van der Waals surface area contributed by atoms with Crippen molar-refractivity contribution in [2.24, 2.45) is 5.92 Å². The summed E-state index contributed by atoms with van der Waals surface area (Å²) in [5, 5.41) is 9.50. The predicted molar refractivity (Wildman–Crippen MR) is 168 cm³/mol. The predicted octanol–water partition coefficient (Wildman–Crippen LogP) is 10.3. The largest absolute Gasteiger partial charge is 0.462 e. The Bertz CT molecular complexity index is 550. The van der Waals surface area contributed by atoms with Gasteiger partial charge in [0, 0.05) is 12.8 Å². The minimum Gasteiger partial charge on any atom is -0.462 e. The summed E-state index contributed by atoms with van der Waals surface area (Å²) in [7, 11) is 0. The Morgan fingerprint density at radius 2 is 0.975 bits per heavy atom. The molecule has 0 aromatic rings. The standard InChI is InChI=1S/C35H68O5/c1-4-6-7-8-9-10-11-12-16-19-22-25-28-34(37)39-31-33(30-36)40-35(38)29-26-23-20-17-14-13-15-18-21-24-27-32(3)5-2/h32-33,36H,4-31H2,1-3H3/t32?,33-/m0/s1.